The van der Waals surface area contributed by atoms with Crippen molar-refractivity contribution in [3.05, 3.63) is 87.4 Å². The summed E-state index contributed by atoms with van der Waals surface area (Å²) in [5.41, 5.74) is 4.08. The average Bonchev–Trinajstić information content (AvgIpc) is 2.91. The lowest BCUT2D eigenvalue weighted by molar-refractivity contribution is -0.138. The molecule has 0 aliphatic rings. The third-order valence-corrected chi connectivity index (χ3v) is 7.26. The number of alkyl halides is 6. The van der Waals surface area contributed by atoms with Gasteiger partial charge in [0.25, 0.3) is 0 Å². The van der Waals surface area contributed by atoms with Gasteiger partial charge in [0.05, 0.1) is 11.1 Å². The molecule has 0 saturated carbocycles. The lowest BCUT2D eigenvalue weighted by Gasteiger charge is -2.21. The van der Waals surface area contributed by atoms with Crippen LogP contribution in [0.5, 0.6) is 0 Å². The zero-order valence-corrected chi connectivity index (χ0v) is 29.2. The van der Waals surface area contributed by atoms with Gasteiger partial charge in [-0.15, -0.1) is 0 Å². The van der Waals surface area contributed by atoms with Gasteiger partial charge in [-0.1, -0.05) is 59.2 Å². The number of halogens is 7. The van der Waals surface area contributed by atoms with E-state index in [9.17, 15) is 26.3 Å². The molecule has 0 spiro atoms. The van der Waals surface area contributed by atoms with Crippen molar-refractivity contribution in [3.8, 4) is 0 Å². The van der Waals surface area contributed by atoms with Crippen molar-refractivity contribution in [3.63, 3.8) is 0 Å². The molecular formula is C35H48ClF6N3. The molecule has 0 aliphatic carbocycles. The topological polar surface area (TPSA) is 9.72 Å². The van der Waals surface area contributed by atoms with Gasteiger partial charge in [-0.2, -0.15) is 26.3 Å². The van der Waals surface area contributed by atoms with Crippen LogP contribution in [0.3, 0.4) is 0 Å². The molecule has 0 bridgehead atoms. The first-order chi connectivity index (χ1) is 20.5. The summed E-state index contributed by atoms with van der Waals surface area (Å²) in [6, 6.07) is 14.2. The van der Waals surface area contributed by atoms with Gasteiger partial charge in [-0.3, -0.25) is 0 Å². The zero-order chi connectivity index (χ0) is 35.0. The number of anilines is 3. The smallest absolute Gasteiger partial charge is 0.377 e. The fraction of sp³-hybridized carbons (Fsp3) is 0.486. The van der Waals surface area contributed by atoms with E-state index in [1.165, 1.54) is 28.3 Å². The Kier molecular flexibility index (Phi) is 14.6. The number of benzene rings is 3. The van der Waals surface area contributed by atoms with Gasteiger partial charge in [0.15, 0.2) is 0 Å². The fourth-order valence-electron chi connectivity index (χ4n) is 4.51. The number of hydrogen-bond donors (Lipinski definition) is 0. The van der Waals surface area contributed by atoms with Crippen LogP contribution in [0.2, 0.25) is 5.02 Å². The summed E-state index contributed by atoms with van der Waals surface area (Å²) >= 11 is 5.95. The minimum atomic E-state index is -4.30. The zero-order valence-electron chi connectivity index (χ0n) is 28.4. The van der Waals surface area contributed by atoms with Crippen LogP contribution in [0, 0.1) is 0 Å². The molecule has 0 aromatic heterocycles. The summed E-state index contributed by atoms with van der Waals surface area (Å²) in [5.74, 6) is 0.803. The van der Waals surface area contributed by atoms with Crippen LogP contribution in [-0.4, -0.2) is 42.3 Å². The predicted octanol–water partition coefficient (Wildman–Crippen LogP) is 11.3. The highest BCUT2D eigenvalue weighted by atomic mass is 35.5. The normalized spacial score (nSPS) is 11.6. The maximum absolute atomic E-state index is 12.7. The Labute approximate surface area is 270 Å². The molecule has 3 aromatic rings. The van der Waals surface area contributed by atoms with Crippen LogP contribution in [-0.2, 0) is 12.4 Å². The lowest BCUT2D eigenvalue weighted by atomic mass is 9.98. The minimum absolute atomic E-state index is 0.0692. The van der Waals surface area contributed by atoms with Crippen molar-refractivity contribution in [2.24, 2.45) is 0 Å². The van der Waals surface area contributed by atoms with Crippen LogP contribution in [0.15, 0.2) is 54.6 Å². The Morgan fingerprint density at radius 2 is 0.956 bits per heavy atom. The van der Waals surface area contributed by atoms with Crippen LogP contribution < -0.4 is 14.7 Å². The van der Waals surface area contributed by atoms with Crippen molar-refractivity contribution in [1.29, 1.82) is 0 Å². The van der Waals surface area contributed by atoms with Crippen LogP contribution in [0.1, 0.15) is 87.1 Å². The average molecular weight is 660 g/mol. The molecule has 10 heteroatoms. The summed E-state index contributed by atoms with van der Waals surface area (Å²) in [4.78, 5) is 5.44. The molecule has 0 aliphatic heterocycles. The van der Waals surface area contributed by atoms with E-state index in [1.807, 2.05) is 58.8 Å². The predicted molar refractivity (Wildman–Crippen MR) is 180 cm³/mol. The Morgan fingerprint density at radius 3 is 1.33 bits per heavy atom. The van der Waals surface area contributed by atoms with Crippen molar-refractivity contribution < 1.29 is 26.3 Å². The summed E-state index contributed by atoms with van der Waals surface area (Å²) in [6.07, 6.45) is -8.57. The standard InChI is InChI=1S/2C12H16F3N.C11H16ClN/c1-8(2)10-7-9(12(13,14)15)5-6-11(10)16(3)4;1-8(2)9-5-6-10(12(13,14)15)11(7-9)16(3)4;1-8(2)10-7-9(12)5-6-11(10)13(3)4/h2*5-8H,1-4H3;5-8H,1-4H3. The van der Waals surface area contributed by atoms with Gasteiger partial charge in [0.1, 0.15) is 0 Å². The number of rotatable bonds is 6. The van der Waals surface area contributed by atoms with Gasteiger partial charge in [-0.25, -0.2) is 0 Å². The first-order valence-corrected chi connectivity index (χ1v) is 15.1. The molecule has 3 aromatic carbocycles. The van der Waals surface area contributed by atoms with E-state index < -0.39 is 23.5 Å². The molecule has 3 nitrogen and oxygen atoms in total. The van der Waals surface area contributed by atoms with Crippen molar-refractivity contribution in [2.75, 3.05) is 57.0 Å². The fourth-order valence-corrected chi connectivity index (χ4v) is 4.69. The highest BCUT2D eigenvalue weighted by Gasteiger charge is 2.34. The van der Waals surface area contributed by atoms with E-state index in [4.69, 9.17) is 11.6 Å². The molecule has 0 unspecified atom stereocenters. The van der Waals surface area contributed by atoms with Gasteiger partial charge < -0.3 is 14.7 Å². The quantitative estimate of drug-likeness (QED) is 0.244. The Balaban J connectivity index is 0.000000340. The van der Waals surface area contributed by atoms with E-state index in [-0.39, 0.29) is 17.5 Å². The molecule has 0 fully saturated rings. The van der Waals surface area contributed by atoms with E-state index in [0.717, 1.165) is 34.0 Å². The molecule has 45 heavy (non-hydrogen) atoms. The monoisotopic (exact) mass is 659 g/mol. The Morgan fingerprint density at radius 1 is 0.511 bits per heavy atom. The van der Waals surface area contributed by atoms with Crippen molar-refractivity contribution in [1.82, 2.24) is 0 Å². The van der Waals surface area contributed by atoms with Crippen LogP contribution in [0.25, 0.3) is 0 Å². The molecule has 0 N–H and O–H groups in total. The first kappa shape index (κ1) is 40.0. The Bertz CT molecular complexity index is 1360. The molecule has 0 heterocycles. The summed E-state index contributed by atoms with van der Waals surface area (Å²) in [7, 11) is 11.0. The van der Waals surface area contributed by atoms with Gasteiger partial charge in [0, 0.05) is 64.4 Å². The molecule has 3 rings (SSSR count). The molecular weight excluding hydrogens is 612 g/mol. The van der Waals surface area contributed by atoms with Gasteiger partial charge in [0.2, 0.25) is 0 Å². The van der Waals surface area contributed by atoms with Crippen molar-refractivity contribution in [2.45, 2.75) is 71.6 Å². The largest absolute Gasteiger partial charge is 0.418 e. The minimum Gasteiger partial charge on any atom is -0.377 e. The number of hydrogen-bond acceptors (Lipinski definition) is 3. The van der Waals surface area contributed by atoms with Crippen LogP contribution in [0.4, 0.5) is 43.4 Å². The van der Waals surface area contributed by atoms with E-state index in [2.05, 4.69) is 38.9 Å². The summed E-state index contributed by atoms with van der Waals surface area (Å²) in [6.45, 7) is 12.1. The molecule has 0 saturated heterocycles. The third kappa shape index (κ3) is 12.0. The highest BCUT2D eigenvalue weighted by Crippen LogP contribution is 2.38. The third-order valence-electron chi connectivity index (χ3n) is 7.03. The lowest BCUT2D eigenvalue weighted by Crippen LogP contribution is -2.17. The van der Waals surface area contributed by atoms with Crippen molar-refractivity contribution >= 4 is 28.7 Å². The molecule has 0 atom stereocenters. The first-order valence-electron chi connectivity index (χ1n) is 14.7. The second-order valence-electron chi connectivity index (χ2n) is 12.4. The molecule has 252 valence electrons. The molecule has 0 radical (unpaired) electrons. The highest BCUT2D eigenvalue weighted by molar-refractivity contribution is 6.30. The van der Waals surface area contributed by atoms with Gasteiger partial charge in [-0.05, 0) is 83.0 Å². The maximum atomic E-state index is 12.7. The number of nitrogens with zero attached hydrogens (tertiary/aromatic N) is 3. The summed E-state index contributed by atoms with van der Waals surface area (Å²) in [5, 5.41) is 0.814. The maximum Gasteiger partial charge on any atom is 0.418 e. The Hall–Kier alpha value is -3.07. The van der Waals surface area contributed by atoms with Crippen LogP contribution >= 0.6 is 11.6 Å². The van der Waals surface area contributed by atoms with E-state index in [0.29, 0.717) is 5.92 Å². The second-order valence-corrected chi connectivity index (χ2v) is 12.8. The van der Waals surface area contributed by atoms with E-state index >= 15 is 0 Å². The SMILES string of the molecule is CC(C)c1cc(C(F)(F)F)ccc1N(C)C.CC(C)c1cc(Cl)ccc1N(C)C.CC(C)c1ccc(C(F)(F)F)c(N(C)C)c1. The second kappa shape index (κ2) is 16.5. The van der Waals surface area contributed by atoms with Gasteiger partial charge >= 0.3 is 12.4 Å². The van der Waals surface area contributed by atoms with E-state index in [1.54, 1.807) is 26.2 Å². The summed E-state index contributed by atoms with van der Waals surface area (Å²) < 4.78 is 75.8. The molecule has 0 amide bonds.